The largest absolute Gasteiger partial charge is 0.476 e. The Labute approximate surface area is 117 Å². The summed E-state index contributed by atoms with van der Waals surface area (Å²) in [5, 5.41) is 21.0. The molecule has 108 valence electrons. The van der Waals surface area contributed by atoms with Gasteiger partial charge in [0.1, 0.15) is 0 Å². The van der Waals surface area contributed by atoms with E-state index in [1.54, 1.807) is 11.6 Å². The predicted molar refractivity (Wildman–Crippen MR) is 72.7 cm³/mol. The number of carboxylic acids is 1. The van der Waals surface area contributed by atoms with Gasteiger partial charge < -0.3 is 5.11 Å². The highest BCUT2D eigenvalue weighted by atomic mass is 16.4. The lowest BCUT2D eigenvalue weighted by atomic mass is 10.2. The highest BCUT2D eigenvalue weighted by Gasteiger charge is 2.16. The average molecular weight is 277 g/mol. The van der Waals surface area contributed by atoms with Crippen molar-refractivity contribution in [1.82, 2.24) is 24.8 Å². The van der Waals surface area contributed by atoms with Gasteiger partial charge in [0, 0.05) is 6.20 Å². The monoisotopic (exact) mass is 277 g/mol. The second kappa shape index (κ2) is 5.85. The van der Waals surface area contributed by atoms with Crippen LogP contribution in [0.3, 0.4) is 0 Å². The third kappa shape index (κ3) is 2.71. The molecule has 0 bridgehead atoms. The molecule has 7 nitrogen and oxygen atoms in total. The first-order chi connectivity index (χ1) is 9.56. The Kier molecular flexibility index (Phi) is 4.16. The van der Waals surface area contributed by atoms with E-state index in [0.717, 1.165) is 18.5 Å². The van der Waals surface area contributed by atoms with E-state index in [1.807, 2.05) is 16.9 Å². The molecule has 7 heteroatoms. The van der Waals surface area contributed by atoms with Gasteiger partial charge in [-0.3, -0.25) is 4.68 Å². The molecular formula is C13H19N5O2. The van der Waals surface area contributed by atoms with Crippen molar-refractivity contribution < 1.29 is 9.90 Å². The van der Waals surface area contributed by atoms with Gasteiger partial charge in [-0.15, -0.1) is 5.10 Å². The summed E-state index contributed by atoms with van der Waals surface area (Å²) in [5.41, 5.74) is 1.38. The highest BCUT2D eigenvalue weighted by Crippen LogP contribution is 2.15. The Morgan fingerprint density at radius 2 is 2.10 bits per heavy atom. The van der Waals surface area contributed by atoms with E-state index in [-0.39, 0.29) is 5.69 Å². The molecule has 1 N–H and O–H groups in total. The van der Waals surface area contributed by atoms with Crippen molar-refractivity contribution in [3.05, 3.63) is 29.3 Å². The number of nitrogens with zero attached hydrogens (tertiary/aromatic N) is 5. The van der Waals surface area contributed by atoms with Crippen LogP contribution in [0, 0.1) is 6.92 Å². The summed E-state index contributed by atoms with van der Waals surface area (Å²) in [5.74, 6) is -1.06. The van der Waals surface area contributed by atoms with Crippen molar-refractivity contribution in [2.24, 2.45) is 0 Å². The molecule has 2 aromatic heterocycles. The van der Waals surface area contributed by atoms with Gasteiger partial charge in [0.15, 0.2) is 5.69 Å². The fourth-order valence-corrected chi connectivity index (χ4v) is 2.19. The average Bonchev–Trinajstić information content (AvgIpc) is 3.00. The van der Waals surface area contributed by atoms with Crippen molar-refractivity contribution in [1.29, 1.82) is 0 Å². The minimum atomic E-state index is -1.06. The maximum Gasteiger partial charge on any atom is 0.358 e. The van der Waals surface area contributed by atoms with Gasteiger partial charge in [-0.25, -0.2) is 9.48 Å². The van der Waals surface area contributed by atoms with Gasteiger partial charge in [-0.1, -0.05) is 19.1 Å². The quantitative estimate of drug-likeness (QED) is 0.871. The first-order valence-corrected chi connectivity index (χ1v) is 6.74. The minimum absolute atomic E-state index is 0.00979. The molecule has 0 fully saturated rings. The number of carbonyl (C=O) groups is 1. The fraction of sp³-hybridized carbons (Fsp3) is 0.538. The Morgan fingerprint density at radius 1 is 1.40 bits per heavy atom. The van der Waals surface area contributed by atoms with Crippen LogP contribution in [0.4, 0.5) is 0 Å². The van der Waals surface area contributed by atoms with E-state index >= 15 is 0 Å². The molecule has 0 saturated heterocycles. The molecule has 0 radical (unpaired) electrons. The van der Waals surface area contributed by atoms with Crippen molar-refractivity contribution in [2.75, 3.05) is 0 Å². The van der Waals surface area contributed by atoms with E-state index in [0.29, 0.717) is 18.3 Å². The molecule has 0 atom stereocenters. The number of carboxylic acid groups (broad SMARTS) is 1. The Bertz CT molecular complexity index is 598. The molecule has 0 aliphatic heterocycles. The van der Waals surface area contributed by atoms with Crippen LogP contribution in [-0.4, -0.2) is 35.9 Å². The van der Waals surface area contributed by atoms with E-state index in [2.05, 4.69) is 29.3 Å². The smallest absolute Gasteiger partial charge is 0.358 e. The third-order valence-electron chi connectivity index (χ3n) is 3.48. The molecule has 2 rings (SSSR count). The summed E-state index contributed by atoms with van der Waals surface area (Å²) >= 11 is 0. The van der Waals surface area contributed by atoms with Crippen LogP contribution >= 0.6 is 0 Å². The molecule has 20 heavy (non-hydrogen) atoms. The van der Waals surface area contributed by atoms with E-state index in [1.165, 1.54) is 0 Å². The summed E-state index contributed by atoms with van der Waals surface area (Å²) < 4.78 is 3.52. The Morgan fingerprint density at radius 3 is 2.65 bits per heavy atom. The van der Waals surface area contributed by atoms with Gasteiger partial charge in [0.2, 0.25) is 0 Å². The van der Waals surface area contributed by atoms with Crippen LogP contribution < -0.4 is 0 Å². The van der Waals surface area contributed by atoms with Crippen LogP contribution in [0.1, 0.15) is 54.6 Å². The second-order valence-electron chi connectivity index (χ2n) is 4.74. The minimum Gasteiger partial charge on any atom is -0.476 e. The summed E-state index contributed by atoms with van der Waals surface area (Å²) in [7, 11) is 0. The number of hydrogen-bond acceptors (Lipinski definition) is 4. The van der Waals surface area contributed by atoms with Crippen molar-refractivity contribution in [3.8, 4) is 0 Å². The third-order valence-corrected chi connectivity index (χ3v) is 3.48. The number of hydrogen-bond donors (Lipinski definition) is 1. The maximum atomic E-state index is 10.9. The fourth-order valence-electron chi connectivity index (χ4n) is 2.19. The summed E-state index contributed by atoms with van der Waals surface area (Å²) in [4.78, 5) is 10.9. The second-order valence-corrected chi connectivity index (χ2v) is 4.74. The normalized spacial score (nSPS) is 11.2. The molecule has 0 saturated carbocycles. The lowest BCUT2D eigenvalue weighted by Crippen LogP contribution is -2.10. The first-order valence-electron chi connectivity index (χ1n) is 6.74. The molecule has 0 aromatic carbocycles. The molecule has 0 aliphatic rings. The van der Waals surface area contributed by atoms with Gasteiger partial charge >= 0.3 is 5.97 Å². The number of aromatic nitrogens is 5. The first kappa shape index (κ1) is 14.2. The molecule has 0 aliphatic carbocycles. The SMILES string of the molecule is CCC(CC)n1ccc(Cn2nnc(C(=O)O)c2C)n1. The van der Waals surface area contributed by atoms with Crippen molar-refractivity contribution in [2.45, 2.75) is 46.2 Å². The molecule has 2 heterocycles. The zero-order valence-electron chi connectivity index (χ0n) is 11.9. The van der Waals surface area contributed by atoms with Crippen LogP contribution in [-0.2, 0) is 6.54 Å². The number of rotatable bonds is 6. The topological polar surface area (TPSA) is 85.8 Å². The molecule has 2 aromatic rings. The Balaban J connectivity index is 2.17. The van der Waals surface area contributed by atoms with E-state index in [4.69, 9.17) is 5.11 Å². The molecule has 0 unspecified atom stereocenters. The number of aromatic carboxylic acids is 1. The lowest BCUT2D eigenvalue weighted by Gasteiger charge is -2.12. The summed E-state index contributed by atoms with van der Waals surface area (Å²) in [6.07, 6.45) is 4.02. The zero-order valence-corrected chi connectivity index (χ0v) is 11.9. The van der Waals surface area contributed by atoms with Gasteiger partial charge in [0.25, 0.3) is 0 Å². The molecular weight excluding hydrogens is 258 g/mol. The lowest BCUT2D eigenvalue weighted by molar-refractivity contribution is 0.0689. The summed E-state index contributed by atoms with van der Waals surface area (Å²) in [6, 6.07) is 2.33. The predicted octanol–water partition coefficient (Wildman–Crippen LogP) is 1.89. The van der Waals surface area contributed by atoms with Crippen LogP contribution in [0.15, 0.2) is 12.3 Å². The van der Waals surface area contributed by atoms with Crippen LogP contribution in [0.5, 0.6) is 0 Å². The molecule has 0 spiro atoms. The van der Waals surface area contributed by atoms with E-state index in [9.17, 15) is 4.79 Å². The highest BCUT2D eigenvalue weighted by molar-refractivity contribution is 5.86. The summed E-state index contributed by atoms with van der Waals surface area (Å²) in [6.45, 7) is 6.40. The molecule has 0 amide bonds. The van der Waals surface area contributed by atoms with Crippen molar-refractivity contribution in [3.63, 3.8) is 0 Å². The van der Waals surface area contributed by atoms with E-state index < -0.39 is 5.97 Å². The maximum absolute atomic E-state index is 10.9. The van der Waals surface area contributed by atoms with Gasteiger partial charge in [0.05, 0.1) is 24.0 Å². The zero-order chi connectivity index (χ0) is 14.7. The van der Waals surface area contributed by atoms with Crippen LogP contribution in [0.25, 0.3) is 0 Å². The Hall–Kier alpha value is -2.18. The van der Waals surface area contributed by atoms with Gasteiger partial charge in [-0.05, 0) is 25.8 Å². The van der Waals surface area contributed by atoms with Gasteiger partial charge in [-0.2, -0.15) is 5.10 Å². The van der Waals surface area contributed by atoms with Crippen LogP contribution in [0.2, 0.25) is 0 Å². The standard InChI is InChI=1S/C13H19N5O2/c1-4-11(5-2)17-7-6-10(15-17)8-18-9(3)12(13(19)20)14-16-18/h6-7,11H,4-5,8H2,1-3H3,(H,19,20). The van der Waals surface area contributed by atoms with Crippen molar-refractivity contribution >= 4 is 5.97 Å².